The van der Waals surface area contributed by atoms with Crippen molar-refractivity contribution in [2.45, 2.75) is 48.9 Å². The van der Waals surface area contributed by atoms with Gasteiger partial charge in [0.25, 0.3) is 0 Å². The molecule has 2 aliphatic rings. The van der Waals surface area contributed by atoms with Crippen molar-refractivity contribution < 1.29 is 18.7 Å². The van der Waals surface area contributed by atoms with Gasteiger partial charge in [0.2, 0.25) is 0 Å². The summed E-state index contributed by atoms with van der Waals surface area (Å²) in [5, 5.41) is 9.07. The molecule has 9 heteroatoms. The number of piperidine rings is 1. The van der Waals surface area contributed by atoms with E-state index in [1.54, 1.807) is 6.07 Å². The molecule has 1 aromatic carbocycles. The molecule has 2 aromatic heterocycles. The van der Waals surface area contributed by atoms with Crippen molar-refractivity contribution in [2.24, 2.45) is 18.4 Å². The zero-order chi connectivity index (χ0) is 24.8. The predicted octanol–water partition coefficient (Wildman–Crippen LogP) is 6.37. The summed E-state index contributed by atoms with van der Waals surface area (Å²) in [5.74, 6) is 1.29. The molecule has 0 amide bonds. The molecule has 1 aliphatic carbocycles. The quantitative estimate of drug-likeness (QED) is 0.275. The predicted molar refractivity (Wildman–Crippen MR) is 140 cm³/mol. The Morgan fingerprint density at radius 2 is 1.89 bits per heavy atom. The van der Waals surface area contributed by atoms with E-state index in [1.807, 2.05) is 29.9 Å². The van der Waals surface area contributed by atoms with Crippen molar-refractivity contribution in [3.8, 4) is 11.4 Å². The van der Waals surface area contributed by atoms with Gasteiger partial charge in [-0.25, -0.2) is 9.97 Å². The van der Waals surface area contributed by atoms with Crippen LogP contribution in [0.15, 0.2) is 36.5 Å². The molecule has 2 fully saturated rings. The summed E-state index contributed by atoms with van der Waals surface area (Å²) in [7, 11) is 1.88. The second kappa shape index (κ2) is 9.29. The molecule has 6 nitrogen and oxygen atoms in total. The Balaban J connectivity index is 1.26. The zero-order valence-corrected chi connectivity index (χ0v) is 21.8. The van der Waals surface area contributed by atoms with E-state index in [2.05, 4.69) is 9.88 Å². The van der Waals surface area contributed by atoms with Gasteiger partial charge in [0.05, 0.1) is 11.0 Å². The summed E-state index contributed by atoms with van der Waals surface area (Å²) in [6, 6.07) is 8.60. The number of aliphatic carboxylic acids is 1. The number of hydrogen-bond acceptors (Lipinski definition) is 4. The minimum Gasteiger partial charge on any atom is -0.481 e. The number of aryl methyl sites for hydroxylation is 1. The maximum atomic E-state index is 13.7. The number of carboxylic acids is 1. The number of halogens is 3. The normalized spacial score (nSPS) is 18.9. The molecule has 3 aromatic rings. The Labute approximate surface area is 216 Å². The second-order valence-corrected chi connectivity index (χ2v) is 11.5. The van der Waals surface area contributed by atoms with Crippen LogP contribution in [0.5, 0.6) is 0 Å². The van der Waals surface area contributed by atoms with Crippen LogP contribution in [-0.2, 0) is 15.8 Å². The number of anilines is 1. The first-order valence-electron chi connectivity index (χ1n) is 12.1. The van der Waals surface area contributed by atoms with Gasteiger partial charge in [-0.15, -0.1) is 0 Å². The van der Waals surface area contributed by atoms with E-state index in [0.717, 1.165) is 91.1 Å². The monoisotopic (exact) mass is 594 g/mol. The number of alkyl halides is 3. The maximum Gasteiger partial charge on any atom is 0.321 e. The summed E-state index contributed by atoms with van der Waals surface area (Å²) in [6.07, 6.45) is 8.64. The number of imidazole rings is 1. The van der Waals surface area contributed by atoms with E-state index in [4.69, 9.17) is 10.1 Å². The summed E-state index contributed by atoms with van der Waals surface area (Å²) < 4.78 is 26.4. The zero-order valence-electron chi connectivity index (χ0n) is 19.7. The fourth-order valence-electron chi connectivity index (χ4n) is 5.79. The van der Waals surface area contributed by atoms with Crippen molar-refractivity contribution >= 4 is 45.4 Å². The average molecular weight is 594 g/mol. The summed E-state index contributed by atoms with van der Waals surface area (Å²) >= 11 is 1.14. The van der Waals surface area contributed by atoms with Gasteiger partial charge in [0.15, 0.2) is 0 Å². The highest BCUT2D eigenvalue weighted by Gasteiger charge is 2.38. The van der Waals surface area contributed by atoms with Crippen LogP contribution in [0, 0.1) is 11.3 Å². The second-order valence-electron chi connectivity index (χ2n) is 10.1. The fraction of sp³-hybridized carbons (Fsp3) is 0.500. The van der Waals surface area contributed by atoms with Crippen LogP contribution in [0.2, 0.25) is 0 Å². The molecule has 0 radical (unpaired) electrons. The molecule has 1 spiro atoms. The van der Waals surface area contributed by atoms with Gasteiger partial charge in [-0.3, -0.25) is 4.79 Å². The van der Waals surface area contributed by atoms with E-state index in [1.165, 1.54) is 12.1 Å². The Morgan fingerprint density at radius 3 is 2.49 bits per heavy atom. The number of hydrogen-bond donors (Lipinski definition) is 1. The molecule has 35 heavy (non-hydrogen) atoms. The third kappa shape index (κ3) is 5.01. The van der Waals surface area contributed by atoms with Crippen LogP contribution in [-0.4, -0.2) is 38.7 Å². The summed E-state index contributed by atoms with van der Waals surface area (Å²) in [4.78, 5) is 22.7. The SMILES string of the molecule is Cn1c(-c2ccc(N3CCC4(CCC(CC(=O)O)CC4)CC3)nc2)nc2cc(C(F)(F)I)ccc21. The van der Waals surface area contributed by atoms with Crippen molar-refractivity contribution in [3.05, 3.63) is 42.1 Å². The van der Waals surface area contributed by atoms with Crippen LogP contribution in [0.1, 0.15) is 50.5 Å². The lowest BCUT2D eigenvalue weighted by molar-refractivity contribution is -0.138. The van der Waals surface area contributed by atoms with Gasteiger partial charge in [-0.2, -0.15) is 8.78 Å². The van der Waals surface area contributed by atoms with Crippen molar-refractivity contribution in [1.29, 1.82) is 0 Å². The third-order valence-electron chi connectivity index (χ3n) is 7.99. The lowest BCUT2D eigenvalue weighted by Gasteiger charge is -2.46. The van der Waals surface area contributed by atoms with E-state index >= 15 is 0 Å². The molecule has 1 aliphatic heterocycles. The Kier molecular flexibility index (Phi) is 6.48. The van der Waals surface area contributed by atoms with Gasteiger partial charge < -0.3 is 14.6 Å². The smallest absolute Gasteiger partial charge is 0.321 e. The third-order valence-corrected chi connectivity index (χ3v) is 8.61. The molecule has 1 N–H and O–H groups in total. The van der Waals surface area contributed by atoms with Crippen LogP contribution in [0.3, 0.4) is 0 Å². The molecule has 186 valence electrons. The van der Waals surface area contributed by atoms with Gasteiger partial charge >= 0.3 is 9.90 Å². The number of fused-ring (bicyclic) bond motifs is 1. The molecule has 5 rings (SSSR count). The minimum absolute atomic E-state index is 0.0537. The highest BCUT2D eigenvalue weighted by molar-refractivity contribution is 14.1. The fourth-order valence-corrected chi connectivity index (χ4v) is 6.13. The molecular weight excluding hydrogens is 565 g/mol. The molecule has 0 atom stereocenters. The highest BCUT2D eigenvalue weighted by atomic mass is 127. The first-order valence-corrected chi connectivity index (χ1v) is 13.2. The first-order chi connectivity index (χ1) is 16.6. The molecule has 1 saturated carbocycles. The number of carbonyl (C=O) groups is 1. The number of carboxylic acid groups (broad SMARTS) is 1. The first kappa shape index (κ1) is 24.4. The van der Waals surface area contributed by atoms with Crippen LogP contribution in [0.25, 0.3) is 22.4 Å². The minimum atomic E-state index is -2.93. The molecular formula is C26H29F2IN4O2. The lowest BCUT2D eigenvalue weighted by Crippen LogP contribution is -2.42. The van der Waals surface area contributed by atoms with Gasteiger partial charge in [0, 0.05) is 66.5 Å². The van der Waals surface area contributed by atoms with E-state index in [-0.39, 0.29) is 5.56 Å². The number of nitrogens with zero attached hydrogens (tertiary/aromatic N) is 4. The molecule has 0 bridgehead atoms. The average Bonchev–Trinajstić information content (AvgIpc) is 3.16. The van der Waals surface area contributed by atoms with Crippen molar-refractivity contribution in [2.75, 3.05) is 18.0 Å². The summed E-state index contributed by atoms with van der Waals surface area (Å²) in [5.41, 5.74) is 2.49. The molecule has 3 heterocycles. The summed E-state index contributed by atoms with van der Waals surface area (Å²) in [6.45, 7) is 1.91. The molecule has 1 saturated heterocycles. The standard InChI is InChI=1S/C26H29F2IN4O2/c1-32-21-4-3-19(26(27,28)29)15-20(21)31-24(32)18-2-5-22(30-16-18)33-12-10-25(11-13-33)8-6-17(7-9-25)14-23(34)35/h2-5,15-17H,6-14H2,1H3,(H,34,35). The largest absolute Gasteiger partial charge is 0.481 e. The Morgan fingerprint density at radius 1 is 1.17 bits per heavy atom. The van der Waals surface area contributed by atoms with Crippen LogP contribution >= 0.6 is 22.6 Å². The van der Waals surface area contributed by atoms with Crippen LogP contribution in [0.4, 0.5) is 14.6 Å². The number of aromatic nitrogens is 3. The van der Waals surface area contributed by atoms with E-state index < -0.39 is 9.90 Å². The highest BCUT2D eigenvalue weighted by Crippen LogP contribution is 2.47. The number of rotatable bonds is 5. The lowest BCUT2D eigenvalue weighted by atomic mass is 9.65. The topological polar surface area (TPSA) is 71.2 Å². The van der Waals surface area contributed by atoms with Gasteiger partial charge in [0.1, 0.15) is 11.6 Å². The number of pyridine rings is 1. The molecule has 0 unspecified atom stereocenters. The van der Waals surface area contributed by atoms with Gasteiger partial charge in [-0.05, 0) is 80.2 Å². The Bertz CT molecular complexity index is 1220. The maximum absolute atomic E-state index is 13.7. The van der Waals surface area contributed by atoms with Crippen molar-refractivity contribution in [3.63, 3.8) is 0 Å². The Hall–Kier alpha value is -2.30. The van der Waals surface area contributed by atoms with Gasteiger partial charge in [-0.1, -0.05) is 0 Å². The number of benzene rings is 1. The van der Waals surface area contributed by atoms with E-state index in [9.17, 15) is 13.6 Å². The van der Waals surface area contributed by atoms with Crippen LogP contribution < -0.4 is 4.90 Å². The van der Waals surface area contributed by atoms with Crippen molar-refractivity contribution in [1.82, 2.24) is 14.5 Å². The van der Waals surface area contributed by atoms with E-state index in [0.29, 0.717) is 29.1 Å².